The van der Waals surface area contributed by atoms with Crippen LogP contribution in [0.4, 0.5) is 5.82 Å². The fourth-order valence-electron chi connectivity index (χ4n) is 1.27. The van der Waals surface area contributed by atoms with Crippen molar-refractivity contribution in [2.45, 2.75) is 0 Å². The molecule has 0 aliphatic rings. The first-order valence-corrected chi connectivity index (χ1v) is 4.39. The SMILES string of the molecule is COc1c(N)ncnc1-c1ccccn1. The third kappa shape index (κ3) is 1.71. The second-order valence-corrected chi connectivity index (χ2v) is 2.86. The van der Waals surface area contributed by atoms with Crippen LogP contribution in [0.15, 0.2) is 30.7 Å². The maximum absolute atomic E-state index is 5.67. The molecule has 0 amide bonds. The summed E-state index contributed by atoms with van der Waals surface area (Å²) < 4.78 is 5.14. The van der Waals surface area contributed by atoms with E-state index in [-0.39, 0.29) is 0 Å². The maximum atomic E-state index is 5.67. The predicted octanol–water partition coefficient (Wildman–Crippen LogP) is 1.13. The molecule has 2 heterocycles. The normalized spacial score (nSPS) is 9.93. The topological polar surface area (TPSA) is 73.9 Å². The van der Waals surface area contributed by atoms with Crippen molar-refractivity contribution in [1.82, 2.24) is 15.0 Å². The van der Waals surface area contributed by atoms with Gasteiger partial charge in [-0.15, -0.1) is 0 Å². The van der Waals surface area contributed by atoms with Crippen molar-refractivity contribution in [3.63, 3.8) is 0 Å². The Morgan fingerprint density at radius 2 is 2.07 bits per heavy atom. The van der Waals surface area contributed by atoms with Gasteiger partial charge in [-0.3, -0.25) is 4.98 Å². The van der Waals surface area contributed by atoms with Crippen LogP contribution in [0.3, 0.4) is 0 Å². The lowest BCUT2D eigenvalue weighted by Gasteiger charge is -2.07. The first kappa shape index (κ1) is 9.39. The van der Waals surface area contributed by atoms with E-state index in [2.05, 4.69) is 15.0 Å². The summed E-state index contributed by atoms with van der Waals surface area (Å²) in [4.78, 5) is 12.1. The highest BCUT2D eigenvalue weighted by atomic mass is 16.5. The highest BCUT2D eigenvalue weighted by Gasteiger charge is 2.11. The Morgan fingerprint density at radius 1 is 1.20 bits per heavy atom. The van der Waals surface area contributed by atoms with Crippen molar-refractivity contribution in [3.8, 4) is 17.1 Å². The van der Waals surface area contributed by atoms with Crippen LogP contribution >= 0.6 is 0 Å². The third-order valence-electron chi connectivity index (χ3n) is 1.94. The second kappa shape index (κ2) is 3.91. The third-order valence-corrected chi connectivity index (χ3v) is 1.94. The number of methoxy groups -OCH3 is 1. The van der Waals surface area contributed by atoms with E-state index in [4.69, 9.17) is 10.5 Å². The summed E-state index contributed by atoms with van der Waals surface area (Å²) in [7, 11) is 1.53. The summed E-state index contributed by atoms with van der Waals surface area (Å²) in [6.07, 6.45) is 3.08. The molecule has 5 heteroatoms. The van der Waals surface area contributed by atoms with Gasteiger partial charge in [-0.2, -0.15) is 0 Å². The Balaban J connectivity index is 2.58. The minimum absolute atomic E-state index is 0.313. The lowest BCUT2D eigenvalue weighted by atomic mass is 10.2. The van der Waals surface area contributed by atoms with Crippen LogP contribution in [0, 0.1) is 0 Å². The van der Waals surface area contributed by atoms with Gasteiger partial charge in [0.2, 0.25) is 0 Å². The number of hydrogen-bond acceptors (Lipinski definition) is 5. The summed E-state index contributed by atoms with van der Waals surface area (Å²) in [5, 5.41) is 0. The molecule has 0 radical (unpaired) electrons. The second-order valence-electron chi connectivity index (χ2n) is 2.86. The van der Waals surface area contributed by atoms with Crippen molar-refractivity contribution in [3.05, 3.63) is 30.7 Å². The van der Waals surface area contributed by atoms with Crippen LogP contribution in [0.5, 0.6) is 5.75 Å². The highest BCUT2D eigenvalue weighted by molar-refractivity contribution is 5.68. The van der Waals surface area contributed by atoms with Crippen molar-refractivity contribution in [2.24, 2.45) is 0 Å². The van der Waals surface area contributed by atoms with Crippen LogP contribution in [-0.4, -0.2) is 22.1 Å². The Bertz CT molecular complexity index is 458. The van der Waals surface area contributed by atoms with Gasteiger partial charge in [-0.25, -0.2) is 9.97 Å². The van der Waals surface area contributed by atoms with Gasteiger partial charge in [-0.1, -0.05) is 6.07 Å². The van der Waals surface area contributed by atoms with Crippen LogP contribution in [0.2, 0.25) is 0 Å². The zero-order valence-corrected chi connectivity index (χ0v) is 8.21. The molecule has 0 fully saturated rings. The number of nitrogen functional groups attached to an aromatic ring is 1. The Hall–Kier alpha value is -2.17. The quantitative estimate of drug-likeness (QED) is 0.790. The van der Waals surface area contributed by atoms with E-state index >= 15 is 0 Å². The average Bonchev–Trinajstić information content (AvgIpc) is 2.30. The molecule has 0 aromatic carbocycles. The van der Waals surface area contributed by atoms with Crippen molar-refractivity contribution in [2.75, 3.05) is 12.8 Å². The van der Waals surface area contributed by atoms with E-state index in [9.17, 15) is 0 Å². The summed E-state index contributed by atoms with van der Waals surface area (Å²) in [5.74, 6) is 0.768. The Kier molecular flexibility index (Phi) is 2.45. The Morgan fingerprint density at radius 3 is 2.73 bits per heavy atom. The molecule has 0 saturated carbocycles. The summed E-state index contributed by atoms with van der Waals surface area (Å²) in [6, 6.07) is 5.55. The molecule has 2 aromatic heterocycles. The first-order chi connectivity index (χ1) is 7.33. The van der Waals surface area contributed by atoms with Crippen LogP contribution in [0.1, 0.15) is 0 Å². The number of pyridine rings is 1. The van der Waals surface area contributed by atoms with Crippen LogP contribution < -0.4 is 10.5 Å². The number of aromatic nitrogens is 3. The fraction of sp³-hybridized carbons (Fsp3) is 0.100. The number of nitrogens with two attached hydrogens (primary N) is 1. The zero-order chi connectivity index (χ0) is 10.7. The number of hydrogen-bond donors (Lipinski definition) is 1. The number of ether oxygens (including phenoxy) is 1. The highest BCUT2D eigenvalue weighted by Crippen LogP contribution is 2.29. The standard InChI is InChI=1S/C10H10N4O/c1-15-9-8(13-6-14-10(9)11)7-4-2-3-5-12-7/h2-6H,1H3,(H2,11,13,14). The van der Waals surface area contributed by atoms with E-state index in [1.165, 1.54) is 13.4 Å². The number of anilines is 1. The average molecular weight is 202 g/mol. The molecule has 15 heavy (non-hydrogen) atoms. The van der Waals surface area contributed by atoms with E-state index in [1.807, 2.05) is 18.2 Å². The lowest BCUT2D eigenvalue weighted by molar-refractivity contribution is 0.415. The molecular weight excluding hydrogens is 192 g/mol. The van der Waals surface area contributed by atoms with Gasteiger partial charge in [0.1, 0.15) is 12.0 Å². The predicted molar refractivity (Wildman–Crippen MR) is 56.2 cm³/mol. The van der Waals surface area contributed by atoms with Crippen LogP contribution in [-0.2, 0) is 0 Å². The minimum atomic E-state index is 0.313. The number of rotatable bonds is 2. The van der Waals surface area contributed by atoms with Gasteiger partial charge in [0.05, 0.1) is 12.8 Å². The molecule has 0 spiro atoms. The summed E-state index contributed by atoms with van der Waals surface area (Å²) >= 11 is 0. The van der Waals surface area contributed by atoms with Gasteiger partial charge in [-0.05, 0) is 12.1 Å². The molecule has 0 bridgehead atoms. The van der Waals surface area contributed by atoms with Gasteiger partial charge in [0.15, 0.2) is 11.6 Å². The van der Waals surface area contributed by atoms with Gasteiger partial charge in [0.25, 0.3) is 0 Å². The van der Waals surface area contributed by atoms with Crippen molar-refractivity contribution >= 4 is 5.82 Å². The van der Waals surface area contributed by atoms with Gasteiger partial charge in [0, 0.05) is 6.20 Å². The molecule has 2 rings (SSSR count). The zero-order valence-electron chi connectivity index (χ0n) is 8.21. The summed E-state index contributed by atoms with van der Waals surface area (Å²) in [5.41, 5.74) is 6.98. The van der Waals surface area contributed by atoms with Crippen molar-refractivity contribution in [1.29, 1.82) is 0 Å². The maximum Gasteiger partial charge on any atom is 0.189 e. The minimum Gasteiger partial charge on any atom is -0.491 e. The Labute approximate surface area is 87.0 Å². The molecule has 2 N–H and O–H groups in total. The first-order valence-electron chi connectivity index (χ1n) is 4.39. The molecule has 5 nitrogen and oxygen atoms in total. The largest absolute Gasteiger partial charge is 0.491 e. The molecule has 76 valence electrons. The molecule has 0 saturated heterocycles. The monoisotopic (exact) mass is 202 g/mol. The van der Waals surface area contributed by atoms with Gasteiger partial charge < -0.3 is 10.5 Å². The number of nitrogens with zero attached hydrogens (tertiary/aromatic N) is 3. The van der Waals surface area contributed by atoms with Gasteiger partial charge >= 0.3 is 0 Å². The molecule has 2 aromatic rings. The smallest absolute Gasteiger partial charge is 0.189 e. The van der Waals surface area contributed by atoms with E-state index in [0.717, 1.165) is 0 Å². The summed E-state index contributed by atoms with van der Waals surface area (Å²) in [6.45, 7) is 0. The van der Waals surface area contributed by atoms with Crippen LogP contribution in [0.25, 0.3) is 11.4 Å². The molecule has 0 aliphatic heterocycles. The fourth-order valence-corrected chi connectivity index (χ4v) is 1.27. The molecule has 0 unspecified atom stereocenters. The van der Waals surface area contributed by atoms with E-state index in [1.54, 1.807) is 6.20 Å². The molecule has 0 atom stereocenters. The molecule has 0 aliphatic carbocycles. The lowest BCUT2D eigenvalue weighted by Crippen LogP contribution is -2.00. The van der Waals surface area contributed by atoms with Crippen molar-refractivity contribution < 1.29 is 4.74 Å². The van der Waals surface area contributed by atoms with E-state index in [0.29, 0.717) is 23.0 Å². The van der Waals surface area contributed by atoms with E-state index < -0.39 is 0 Å². The molecular formula is C10H10N4O.